The molecule has 0 aliphatic heterocycles. The largest absolute Gasteiger partial charge is 0.486 e. The molecule has 0 radical (unpaired) electrons. The Hall–Kier alpha value is -2.53. The highest BCUT2D eigenvalue weighted by molar-refractivity contribution is 7.17. The van der Waals surface area contributed by atoms with Crippen molar-refractivity contribution in [3.05, 3.63) is 59.0 Å². The summed E-state index contributed by atoms with van der Waals surface area (Å²) < 4.78 is 6.96. The average Bonchev–Trinajstić information content (AvgIpc) is 2.89. The number of ether oxygens (including phenoxy) is 1. The Morgan fingerprint density at radius 1 is 1.14 bits per heavy atom. The molecule has 0 fully saturated rings. The van der Waals surface area contributed by atoms with E-state index in [0.29, 0.717) is 23.6 Å². The van der Waals surface area contributed by atoms with E-state index in [1.807, 2.05) is 23.6 Å². The molecular formula is C16H14N2O2S. The molecule has 21 heavy (non-hydrogen) atoms. The van der Waals surface area contributed by atoms with Crippen molar-refractivity contribution in [3.63, 3.8) is 0 Å². The van der Waals surface area contributed by atoms with Crippen molar-refractivity contribution >= 4 is 33.0 Å². The van der Waals surface area contributed by atoms with E-state index in [-0.39, 0.29) is 0 Å². The molecule has 0 unspecified atom stereocenters. The van der Waals surface area contributed by atoms with Gasteiger partial charge in [0.25, 0.3) is 5.91 Å². The lowest BCUT2D eigenvalue weighted by molar-refractivity contribution is 0.0996. The Labute approximate surface area is 125 Å². The second kappa shape index (κ2) is 5.46. The van der Waals surface area contributed by atoms with Crippen molar-refractivity contribution < 1.29 is 9.53 Å². The van der Waals surface area contributed by atoms with E-state index in [4.69, 9.17) is 16.2 Å². The topological polar surface area (TPSA) is 78.3 Å². The first kappa shape index (κ1) is 13.5. The Morgan fingerprint density at radius 2 is 1.95 bits per heavy atom. The molecule has 1 aromatic heterocycles. The van der Waals surface area contributed by atoms with Gasteiger partial charge in [0.15, 0.2) is 5.75 Å². The average molecular weight is 298 g/mol. The lowest BCUT2D eigenvalue weighted by Crippen LogP contribution is -2.14. The highest BCUT2D eigenvalue weighted by Crippen LogP contribution is 2.30. The van der Waals surface area contributed by atoms with Crippen molar-refractivity contribution in [1.29, 1.82) is 0 Å². The van der Waals surface area contributed by atoms with Crippen LogP contribution in [0.25, 0.3) is 10.1 Å². The number of amides is 1. The molecule has 4 nitrogen and oxygen atoms in total. The van der Waals surface area contributed by atoms with Crippen LogP contribution >= 0.6 is 11.3 Å². The summed E-state index contributed by atoms with van der Waals surface area (Å²) in [4.78, 5) is 11.4. The molecule has 1 heterocycles. The van der Waals surface area contributed by atoms with Crippen LogP contribution in [0, 0.1) is 0 Å². The molecule has 0 bridgehead atoms. The molecule has 0 saturated carbocycles. The van der Waals surface area contributed by atoms with E-state index in [1.165, 1.54) is 4.70 Å². The SMILES string of the molecule is NC(=O)c1cccc(N)c1OCc1csc2ccccc12. The molecule has 0 saturated heterocycles. The molecule has 4 N–H and O–H groups in total. The van der Waals surface area contributed by atoms with Gasteiger partial charge in [-0.25, -0.2) is 0 Å². The van der Waals surface area contributed by atoms with Crippen LogP contribution in [0.5, 0.6) is 5.75 Å². The van der Waals surface area contributed by atoms with Crippen molar-refractivity contribution in [2.45, 2.75) is 6.61 Å². The first-order chi connectivity index (χ1) is 10.2. The number of hydrogen-bond donors (Lipinski definition) is 2. The minimum atomic E-state index is -0.549. The van der Waals surface area contributed by atoms with Gasteiger partial charge in [0, 0.05) is 10.3 Å². The van der Waals surface area contributed by atoms with Crippen LogP contribution in [0.3, 0.4) is 0 Å². The van der Waals surface area contributed by atoms with Gasteiger partial charge in [-0.15, -0.1) is 11.3 Å². The van der Waals surface area contributed by atoms with Crippen molar-refractivity contribution in [1.82, 2.24) is 0 Å². The predicted molar refractivity (Wildman–Crippen MR) is 85.5 cm³/mol. The maximum atomic E-state index is 11.4. The normalized spacial score (nSPS) is 10.7. The summed E-state index contributed by atoms with van der Waals surface area (Å²) in [5, 5.41) is 3.20. The van der Waals surface area contributed by atoms with E-state index < -0.39 is 5.91 Å². The molecule has 0 atom stereocenters. The minimum Gasteiger partial charge on any atom is -0.486 e. The fraction of sp³-hybridized carbons (Fsp3) is 0.0625. The lowest BCUT2D eigenvalue weighted by atomic mass is 10.1. The van der Waals surface area contributed by atoms with Crippen LogP contribution in [0.2, 0.25) is 0 Å². The van der Waals surface area contributed by atoms with E-state index in [1.54, 1.807) is 29.5 Å². The maximum Gasteiger partial charge on any atom is 0.252 e. The Morgan fingerprint density at radius 3 is 2.76 bits per heavy atom. The van der Waals surface area contributed by atoms with Gasteiger partial charge in [-0.2, -0.15) is 0 Å². The number of carbonyl (C=O) groups is 1. The first-order valence-electron chi connectivity index (χ1n) is 6.43. The minimum absolute atomic E-state index is 0.300. The third-order valence-electron chi connectivity index (χ3n) is 3.24. The number of para-hydroxylation sites is 1. The fourth-order valence-corrected chi connectivity index (χ4v) is 3.15. The molecule has 5 heteroatoms. The van der Waals surface area contributed by atoms with Crippen LogP contribution < -0.4 is 16.2 Å². The summed E-state index contributed by atoms with van der Waals surface area (Å²) >= 11 is 1.66. The molecule has 0 aliphatic carbocycles. The smallest absolute Gasteiger partial charge is 0.252 e. The van der Waals surface area contributed by atoms with Gasteiger partial charge < -0.3 is 16.2 Å². The molecule has 2 aromatic carbocycles. The highest BCUT2D eigenvalue weighted by Gasteiger charge is 2.13. The monoisotopic (exact) mass is 298 g/mol. The fourth-order valence-electron chi connectivity index (χ4n) is 2.20. The lowest BCUT2D eigenvalue weighted by Gasteiger charge is -2.11. The number of carbonyl (C=O) groups excluding carboxylic acids is 1. The Kier molecular flexibility index (Phi) is 3.50. The van der Waals surface area contributed by atoms with E-state index in [2.05, 4.69) is 6.07 Å². The number of benzene rings is 2. The van der Waals surface area contributed by atoms with Gasteiger partial charge >= 0.3 is 0 Å². The number of anilines is 1. The quantitative estimate of drug-likeness (QED) is 0.726. The number of hydrogen-bond acceptors (Lipinski definition) is 4. The maximum absolute atomic E-state index is 11.4. The molecule has 3 aromatic rings. The van der Waals surface area contributed by atoms with Crippen LogP contribution in [-0.4, -0.2) is 5.91 Å². The highest BCUT2D eigenvalue weighted by atomic mass is 32.1. The summed E-state index contributed by atoms with van der Waals surface area (Å²) in [7, 11) is 0. The summed E-state index contributed by atoms with van der Waals surface area (Å²) in [6, 6.07) is 13.1. The second-order valence-electron chi connectivity index (χ2n) is 4.63. The Bertz CT molecular complexity index is 811. The van der Waals surface area contributed by atoms with Gasteiger partial charge in [-0.1, -0.05) is 24.3 Å². The van der Waals surface area contributed by atoms with Crippen molar-refractivity contribution in [2.24, 2.45) is 5.73 Å². The van der Waals surface area contributed by atoms with Crippen molar-refractivity contribution in [3.8, 4) is 5.75 Å². The molecule has 1 amide bonds. The molecule has 106 valence electrons. The zero-order valence-electron chi connectivity index (χ0n) is 11.2. The van der Waals surface area contributed by atoms with E-state index in [0.717, 1.165) is 10.9 Å². The second-order valence-corrected chi connectivity index (χ2v) is 5.55. The van der Waals surface area contributed by atoms with Gasteiger partial charge in [0.2, 0.25) is 0 Å². The first-order valence-corrected chi connectivity index (χ1v) is 7.31. The summed E-state index contributed by atoms with van der Waals surface area (Å²) in [5.74, 6) is -0.201. The molecular weight excluding hydrogens is 284 g/mol. The third kappa shape index (κ3) is 2.55. The number of nitrogen functional groups attached to an aromatic ring is 1. The Balaban J connectivity index is 1.90. The summed E-state index contributed by atoms with van der Waals surface area (Å²) in [6.07, 6.45) is 0. The zero-order chi connectivity index (χ0) is 14.8. The number of rotatable bonds is 4. The van der Waals surface area contributed by atoms with E-state index in [9.17, 15) is 4.79 Å². The third-order valence-corrected chi connectivity index (χ3v) is 4.26. The van der Waals surface area contributed by atoms with Gasteiger partial charge in [-0.3, -0.25) is 4.79 Å². The van der Waals surface area contributed by atoms with Crippen LogP contribution in [0.1, 0.15) is 15.9 Å². The number of primary amides is 1. The summed E-state index contributed by atoms with van der Waals surface area (Å²) in [6.45, 7) is 0.346. The number of nitrogens with two attached hydrogens (primary N) is 2. The van der Waals surface area contributed by atoms with Crippen molar-refractivity contribution in [2.75, 3.05) is 5.73 Å². The van der Waals surface area contributed by atoms with Crippen LogP contribution in [0.4, 0.5) is 5.69 Å². The molecule has 0 spiro atoms. The molecule has 0 aliphatic rings. The van der Waals surface area contributed by atoms with Crippen LogP contribution in [0.15, 0.2) is 47.8 Å². The zero-order valence-corrected chi connectivity index (χ0v) is 12.0. The van der Waals surface area contributed by atoms with Gasteiger partial charge in [0.05, 0.1) is 11.3 Å². The summed E-state index contributed by atoms with van der Waals surface area (Å²) in [5.41, 5.74) is 13.0. The van der Waals surface area contributed by atoms with E-state index >= 15 is 0 Å². The predicted octanol–water partition coefficient (Wildman–Crippen LogP) is 3.16. The molecule has 3 rings (SSSR count). The number of thiophene rings is 1. The number of fused-ring (bicyclic) bond motifs is 1. The standard InChI is InChI=1S/C16H14N2O2S/c17-13-6-3-5-12(16(18)19)15(13)20-8-10-9-21-14-7-2-1-4-11(10)14/h1-7,9H,8,17H2,(H2,18,19). The van der Waals surface area contributed by atoms with Crippen LogP contribution in [-0.2, 0) is 6.61 Å². The van der Waals surface area contributed by atoms with Gasteiger partial charge in [-0.05, 0) is 29.0 Å². The van der Waals surface area contributed by atoms with Gasteiger partial charge in [0.1, 0.15) is 6.61 Å².